The average Bonchev–Trinajstić information content (AvgIpc) is 2.79. The van der Waals surface area contributed by atoms with Gasteiger partial charge < -0.3 is 0 Å². The highest BCUT2D eigenvalue weighted by atomic mass is 35.5. The number of thioether (sulfide) groups is 1. The van der Waals surface area contributed by atoms with E-state index >= 15 is 0 Å². The van der Waals surface area contributed by atoms with Gasteiger partial charge in [-0.15, -0.1) is 0 Å². The van der Waals surface area contributed by atoms with E-state index in [0.29, 0.717) is 20.5 Å². The molecule has 0 radical (unpaired) electrons. The lowest BCUT2D eigenvalue weighted by atomic mass is 10.2. The number of amides is 2. The normalized spacial score (nSPS) is 16.4. The smallest absolute Gasteiger partial charge is 0.268 e. The van der Waals surface area contributed by atoms with Gasteiger partial charge in [-0.1, -0.05) is 53.5 Å². The predicted molar refractivity (Wildman–Crippen MR) is 94.4 cm³/mol. The number of nitrogens with zero attached hydrogens (tertiary/aromatic N) is 1. The first-order chi connectivity index (χ1) is 11.0. The Morgan fingerprint density at radius 1 is 1.00 bits per heavy atom. The molecule has 2 aromatic rings. The average molecular weight is 364 g/mol. The maximum atomic E-state index is 12.4. The summed E-state index contributed by atoms with van der Waals surface area (Å²) in [5.74, 6) is -0.310. The van der Waals surface area contributed by atoms with Crippen molar-refractivity contribution in [1.29, 1.82) is 0 Å². The van der Waals surface area contributed by atoms with Gasteiger partial charge in [0.25, 0.3) is 11.1 Å². The maximum absolute atomic E-state index is 12.4. The summed E-state index contributed by atoms with van der Waals surface area (Å²) < 4.78 is 0. The second kappa shape index (κ2) is 6.79. The van der Waals surface area contributed by atoms with E-state index in [1.165, 1.54) is 4.90 Å². The molecule has 1 heterocycles. The Morgan fingerprint density at radius 2 is 1.70 bits per heavy atom. The van der Waals surface area contributed by atoms with Crippen molar-refractivity contribution in [2.75, 3.05) is 0 Å². The summed E-state index contributed by atoms with van der Waals surface area (Å²) in [6.45, 7) is 0.224. The lowest BCUT2D eigenvalue weighted by Crippen LogP contribution is -2.27. The van der Waals surface area contributed by atoms with Crippen LogP contribution in [0.25, 0.3) is 6.08 Å². The van der Waals surface area contributed by atoms with Crippen molar-refractivity contribution in [3.8, 4) is 0 Å². The molecule has 0 aliphatic carbocycles. The monoisotopic (exact) mass is 363 g/mol. The number of carbonyl (C=O) groups excluding carboxylic acids is 2. The molecule has 3 nitrogen and oxygen atoms in total. The van der Waals surface area contributed by atoms with Crippen LogP contribution in [0.4, 0.5) is 4.79 Å². The van der Waals surface area contributed by atoms with Crippen LogP contribution in [0.5, 0.6) is 0 Å². The van der Waals surface area contributed by atoms with Crippen LogP contribution in [-0.2, 0) is 11.3 Å². The van der Waals surface area contributed by atoms with Crippen molar-refractivity contribution < 1.29 is 9.59 Å². The van der Waals surface area contributed by atoms with Gasteiger partial charge in [0.2, 0.25) is 0 Å². The van der Waals surface area contributed by atoms with Crippen molar-refractivity contribution in [2.45, 2.75) is 6.54 Å². The molecule has 1 fully saturated rings. The molecular weight excluding hydrogens is 353 g/mol. The summed E-state index contributed by atoms with van der Waals surface area (Å²) in [7, 11) is 0. The van der Waals surface area contributed by atoms with E-state index in [4.69, 9.17) is 23.2 Å². The van der Waals surface area contributed by atoms with Gasteiger partial charge in [0.1, 0.15) is 0 Å². The molecular formula is C17H11Cl2NO2S. The lowest BCUT2D eigenvalue weighted by Gasteiger charge is -2.12. The Kier molecular flexibility index (Phi) is 4.76. The minimum atomic E-state index is -0.310. The number of imide groups is 1. The van der Waals surface area contributed by atoms with Gasteiger partial charge in [-0.3, -0.25) is 14.5 Å². The first kappa shape index (κ1) is 16.1. The third kappa shape index (κ3) is 3.61. The van der Waals surface area contributed by atoms with Gasteiger partial charge in [-0.25, -0.2) is 0 Å². The lowest BCUT2D eigenvalue weighted by molar-refractivity contribution is -0.123. The Morgan fingerprint density at radius 3 is 2.39 bits per heavy atom. The Balaban J connectivity index is 1.82. The number of halogens is 2. The van der Waals surface area contributed by atoms with Crippen LogP contribution in [0.2, 0.25) is 10.0 Å². The molecule has 0 saturated carbocycles. The van der Waals surface area contributed by atoms with E-state index in [2.05, 4.69) is 0 Å². The van der Waals surface area contributed by atoms with Gasteiger partial charge in [0.05, 0.1) is 11.4 Å². The highest BCUT2D eigenvalue weighted by Crippen LogP contribution is 2.34. The van der Waals surface area contributed by atoms with Crippen LogP contribution < -0.4 is 0 Å². The van der Waals surface area contributed by atoms with Crippen molar-refractivity contribution in [3.63, 3.8) is 0 Å². The number of carbonyl (C=O) groups is 2. The fourth-order valence-electron chi connectivity index (χ4n) is 2.14. The molecule has 0 spiro atoms. The topological polar surface area (TPSA) is 37.4 Å². The second-order valence-corrected chi connectivity index (χ2v) is 6.75. The zero-order valence-electron chi connectivity index (χ0n) is 11.8. The van der Waals surface area contributed by atoms with Gasteiger partial charge >= 0.3 is 0 Å². The quantitative estimate of drug-likeness (QED) is 0.700. The number of rotatable bonds is 3. The molecule has 0 bridgehead atoms. The summed E-state index contributed by atoms with van der Waals surface area (Å²) in [5, 5.41) is 0.863. The summed E-state index contributed by atoms with van der Waals surface area (Å²) in [4.78, 5) is 26.2. The molecule has 0 aromatic heterocycles. The first-order valence-electron chi connectivity index (χ1n) is 6.79. The van der Waals surface area contributed by atoms with E-state index in [1.54, 1.807) is 42.5 Å². The number of hydrogen-bond donors (Lipinski definition) is 0. The Hall–Kier alpha value is -1.75. The molecule has 0 N–H and O–H groups in total. The SMILES string of the molecule is O=C1S/C(=C/c2ccccc2Cl)C(=O)N1Cc1ccc(Cl)cc1. The number of hydrogen-bond acceptors (Lipinski definition) is 3. The van der Waals surface area contributed by atoms with E-state index in [-0.39, 0.29) is 17.7 Å². The van der Waals surface area contributed by atoms with Crippen LogP contribution in [0.3, 0.4) is 0 Å². The van der Waals surface area contributed by atoms with Crippen molar-refractivity contribution in [3.05, 3.63) is 74.6 Å². The molecule has 1 saturated heterocycles. The van der Waals surface area contributed by atoms with E-state index < -0.39 is 0 Å². The fraction of sp³-hybridized carbons (Fsp3) is 0.0588. The second-order valence-electron chi connectivity index (χ2n) is 4.92. The molecule has 23 heavy (non-hydrogen) atoms. The summed E-state index contributed by atoms with van der Waals surface area (Å²) in [6.07, 6.45) is 1.65. The minimum absolute atomic E-state index is 0.224. The maximum Gasteiger partial charge on any atom is 0.293 e. The van der Waals surface area contributed by atoms with Gasteiger partial charge in [0.15, 0.2) is 0 Å². The molecule has 0 unspecified atom stereocenters. The third-order valence-electron chi connectivity index (χ3n) is 3.32. The van der Waals surface area contributed by atoms with Crippen LogP contribution in [0.15, 0.2) is 53.4 Å². The highest BCUT2D eigenvalue weighted by molar-refractivity contribution is 8.18. The molecule has 2 amide bonds. The van der Waals surface area contributed by atoms with E-state index in [9.17, 15) is 9.59 Å². The van der Waals surface area contributed by atoms with Crippen molar-refractivity contribution in [2.24, 2.45) is 0 Å². The highest BCUT2D eigenvalue weighted by Gasteiger charge is 2.35. The molecule has 1 aliphatic heterocycles. The Labute approximate surface area is 147 Å². The van der Waals surface area contributed by atoms with Crippen LogP contribution in [0, 0.1) is 0 Å². The molecule has 3 rings (SSSR count). The van der Waals surface area contributed by atoms with E-state index in [1.807, 2.05) is 12.1 Å². The summed E-state index contributed by atoms with van der Waals surface area (Å²) in [6, 6.07) is 14.2. The summed E-state index contributed by atoms with van der Waals surface area (Å²) in [5.41, 5.74) is 1.56. The first-order valence-corrected chi connectivity index (χ1v) is 8.36. The summed E-state index contributed by atoms with van der Waals surface area (Å²) >= 11 is 12.9. The molecule has 0 atom stereocenters. The fourth-order valence-corrected chi connectivity index (χ4v) is 3.29. The zero-order valence-corrected chi connectivity index (χ0v) is 14.2. The zero-order chi connectivity index (χ0) is 16.4. The van der Waals surface area contributed by atoms with Crippen molar-refractivity contribution in [1.82, 2.24) is 4.90 Å². The molecule has 2 aromatic carbocycles. The van der Waals surface area contributed by atoms with Crippen LogP contribution >= 0.6 is 35.0 Å². The number of benzene rings is 2. The largest absolute Gasteiger partial charge is 0.293 e. The van der Waals surface area contributed by atoms with E-state index in [0.717, 1.165) is 17.3 Å². The molecule has 1 aliphatic rings. The van der Waals surface area contributed by atoms with Crippen molar-refractivity contribution >= 4 is 52.2 Å². The predicted octanol–water partition coefficient (Wildman–Crippen LogP) is 5.23. The van der Waals surface area contributed by atoms with Crippen LogP contribution in [0.1, 0.15) is 11.1 Å². The van der Waals surface area contributed by atoms with Gasteiger partial charge in [-0.05, 0) is 47.2 Å². The third-order valence-corrected chi connectivity index (χ3v) is 4.82. The van der Waals surface area contributed by atoms with Gasteiger partial charge in [0, 0.05) is 10.0 Å². The van der Waals surface area contributed by atoms with Gasteiger partial charge in [-0.2, -0.15) is 0 Å². The minimum Gasteiger partial charge on any atom is -0.268 e. The van der Waals surface area contributed by atoms with Crippen LogP contribution in [-0.4, -0.2) is 16.0 Å². The molecule has 6 heteroatoms. The standard InChI is InChI=1S/C17H11Cl2NO2S/c18-13-7-5-11(6-8-13)10-20-16(21)15(23-17(20)22)9-12-3-1-2-4-14(12)19/h1-9H,10H2/b15-9+. The Bertz CT molecular complexity index is 802. The molecule has 116 valence electrons.